The van der Waals surface area contributed by atoms with Gasteiger partial charge >= 0.3 is 0 Å². The summed E-state index contributed by atoms with van der Waals surface area (Å²) in [5, 5.41) is 2.40. The molecule has 4 rings (SSSR count). The van der Waals surface area contributed by atoms with Crippen LogP contribution in [-0.4, -0.2) is 5.78 Å². The Morgan fingerprint density at radius 1 is 0.556 bits per heavy atom. The van der Waals surface area contributed by atoms with Crippen molar-refractivity contribution in [2.75, 3.05) is 0 Å². The molecule has 1 nitrogen and oxygen atoms in total. The minimum absolute atomic E-state index is 0.255. The average molecular weight is 350 g/mol. The van der Waals surface area contributed by atoms with Gasteiger partial charge in [0.25, 0.3) is 0 Å². The summed E-state index contributed by atoms with van der Waals surface area (Å²) in [5.41, 5.74) is 4.72. The zero-order valence-corrected chi connectivity index (χ0v) is 15.3. The molecule has 132 valence electrons. The molecule has 0 aliphatic rings. The van der Waals surface area contributed by atoms with E-state index in [9.17, 15) is 4.79 Å². The molecule has 0 unspecified atom stereocenters. The third-order valence-electron chi connectivity index (χ3n) is 4.96. The molecule has 0 aromatic heterocycles. The first-order valence-corrected chi connectivity index (χ1v) is 9.38. The number of rotatable bonds is 6. The largest absolute Gasteiger partial charge is 0.299 e. The molecule has 1 heteroatoms. The van der Waals surface area contributed by atoms with Crippen LogP contribution in [0.25, 0.3) is 10.8 Å². The molecule has 0 bridgehead atoms. The first kappa shape index (κ1) is 17.2. The van der Waals surface area contributed by atoms with Crippen molar-refractivity contribution in [1.29, 1.82) is 0 Å². The molecule has 0 fully saturated rings. The summed E-state index contributed by atoms with van der Waals surface area (Å²) in [4.78, 5) is 12.7. The molecule has 4 aromatic carbocycles. The number of ketones is 1. The summed E-state index contributed by atoms with van der Waals surface area (Å²) < 4.78 is 0. The number of benzene rings is 4. The quantitative estimate of drug-likeness (QED) is 0.430. The Kier molecular flexibility index (Phi) is 5.11. The van der Waals surface area contributed by atoms with Crippen molar-refractivity contribution in [3.05, 3.63) is 119 Å². The lowest BCUT2D eigenvalue weighted by Gasteiger charge is -2.10. The van der Waals surface area contributed by atoms with Crippen LogP contribution in [-0.2, 0) is 24.1 Å². The van der Waals surface area contributed by atoms with Gasteiger partial charge in [0.05, 0.1) is 0 Å². The van der Waals surface area contributed by atoms with E-state index in [4.69, 9.17) is 0 Å². The highest BCUT2D eigenvalue weighted by Gasteiger charge is 2.10. The van der Waals surface area contributed by atoms with Crippen molar-refractivity contribution in [1.82, 2.24) is 0 Å². The van der Waals surface area contributed by atoms with Crippen LogP contribution in [0.4, 0.5) is 0 Å². The van der Waals surface area contributed by atoms with E-state index >= 15 is 0 Å². The maximum Gasteiger partial charge on any atom is 0.141 e. The molecule has 0 atom stereocenters. The van der Waals surface area contributed by atoms with Gasteiger partial charge in [0.2, 0.25) is 0 Å². The van der Waals surface area contributed by atoms with Gasteiger partial charge in [0.1, 0.15) is 5.78 Å². The van der Waals surface area contributed by atoms with Crippen molar-refractivity contribution in [2.24, 2.45) is 0 Å². The first-order valence-electron chi connectivity index (χ1n) is 9.38. The average Bonchev–Trinajstić information content (AvgIpc) is 2.70. The molecule has 0 saturated carbocycles. The topological polar surface area (TPSA) is 17.1 Å². The van der Waals surface area contributed by atoms with Crippen LogP contribution < -0.4 is 0 Å². The molecule has 0 saturated heterocycles. The second-order valence-electron chi connectivity index (χ2n) is 7.00. The number of carbonyl (C=O) groups excluding carboxylic acids is 1. The summed E-state index contributed by atoms with van der Waals surface area (Å²) in [5.74, 6) is 0.255. The SMILES string of the molecule is O=C(Cc1ccc2ccccc2c1)Cc1ccccc1Cc1ccccc1. The van der Waals surface area contributed by atoms with E-state index in [2.05, 4.69) is 72.8 Å². The predicted molar refractivity (Wildman–Crippen MR) is 112 cm³/mol. The van der Waals surface area contributed by atoms with Crippen LogP contribution in [0.3, 0.4) is 0 Å². The molecular formula is C26H22O. The van der Waals surface area contributed by atoms with E-state index < -0.39 is 0 Å². The minimum atomic E-state index is 0.255. The zero-order valence-electron chi connectivity index (χ0n) is 15.3. The van der Waals surface area contributed by atoms with Gasteiger partial charge in [-0.25, -0.2) is 0 Å². The van der Waals surface area contributed by atoms with Gasteiger partial charge in [0.15, 0.2) is 0 Å². The van der Waals surface area contributed by atoms with Crippen LogP contribution in [0.1, 0.15) is 22.3 Å². The monoisotopic (exact) mass is 350 g/mol. The Morgan fingerprint density at radius 2 is 1.22 bits per heavy atom. The predicted octanol–water partition coefficient (Wildman–Crippen LogP) is 5.78. The van der Waals surface area contributed by atoms with E-state index in [0.717, 1.165) is 17.5 Å². The van der Waals surface area contributed by atoms with E-state index in [0.29, 0.717) is 12.8 Å². The van der Waals surface area contributed by atoms with Gasteiger partial charge in [-0.2, -0.15) is 0 Å². The lowest BCUT2D eigenvalue weighted by Crippen LogP contribution is -2.08. The molecule has 27 heavy (non-hydrogen) atoms. The van der Waals surface area contributed by atoms with E-state index in [1.54, 1.807) is 0 Å². The Balaban J connectivity index is 1.49. The fourth-order valence-corrected chi connectivity index (χ4v) is 3.57. The molecule has 0 aliphatic heterocycles. The Bertz CT molecular complexity index is 1060. The number of hydrogen-bond donors (Lipinski definition) is 0. The van der Waals surface area contributed by atoms with Crippen LogP contribution in [0.15, 0.2) is 97.1 Å². The molecule has 4 aromatic rings. The highest BCUT2D eigenvalue weighted by atomic mass is 16.1. The highest BCUT2D eigenvalue weighted by Crippen LogP contribution is 2.18. The van der Waals surface area contributed by atoms with Crippen molar-refractivity contribution in [3.8, 4) is 0 Å². The van der Waals surface area contributed by atoms with Crippen molar-refractivity contribution in [3.63, 3.8) is 0 Å². The fourth-order valence-electron chi connectivity index (χ4n) is 3.57. The summed E-state index contributed by atoms with van der Waals surface area (Å²) in [6.45, 7) is 0. The second-order valence-corrected chi connectivity index (χ2v) is 7.00. The third kappa shape index (κ3) is 4.32. The maximum absolute atomic E-state index is 12.7. The molecule has 0 amide bonds. The van der Waals surface area contributed by atoms with Crippen LogP contribution in [0, 0.1) is 0 Å². The molecular weight excluding hydrogens is 328 g/mol. The molecule has 0 radical (unpaired) electrons. The lowest BCUT2D eigenvalue weighted by molar-refractivity contribution is -0.117. The summed E-state index contributed by atoms with van der Waals surface area (Å²) >= 11 is 0. The van der Waals surface area contributed by atoms with Gasteiger partial charge in [-0.15, -0.1) is 0 Å². The van der Waals surface area contributed by atoms with Gasteiger partial charge in [-0.3, -0.25) is 4.79 Å². The van der Waals surface area contributed by atoms with Crippen LogP contribution in [0.5, 0.6) is 0 Å². The number of hydrogen-bond acceptors (Lipinski definition) is 1. The molecule has 0 aliphatic carbocycles. The Morgan fingerprint density at radius 3 is 2.04 bits per heavy atom. The third-order valence-corrected chi connectivity index (χ3v) is 4.96. The van der Waals surface area contributed by atoms with E-state index in [1.807, 2.05) is 24.3 Å². The van der Waals surface area contributed by atoms with Gasteiger partial charge in [0, 0.05) is 12.8 Å². The molecule has 0 spiro atoms. The Labute approximate surface area is 160 Å². The Hall–Kier alpha value is -3.19. The molecule has 0 N–H and O–H groups in total. The van der Waals surface area contributed by atoms with E-state index in [1.165, 1.54) is 21.9 Å². The van der Waals surface area contributed by atoms with Gasteiger partial charge in [-0.1, -0.05) is 97.1 Å². The second kappa shape index (κ2) is 8.01. The molecule has 0 heterocycles. The normalized spacial score (nSPS) is 10.8. The smallest absolute Gasteiger partial charge is 0.141 e. The van der Waals surface area contributed by atoms with Gasteiger partial charge < -0.3 is 0 Å². The van der Waals surface area contributed by atoms with E-state index in [-0.39, 0.29) is 5.78 Å². The minimum Gasteiger partial charge on any atom is -0.299 e. The summed E-state index contributed by atoms with van der Waals surface area (Å²) in [6, 6.07) is 33.3. The van der Waals surface area contributed by atoms with Gasteiger partial charge in [-0.05, 0) is 39.4 Å². The van der Waals surface area contributed by atoms with Crippen LogP contribution >= 0.6 is 0 Å². The van der Waals surface area contributed by atoms with Crippen LogP contribution in [0.2, 0.25) is 0 Å². The summed E-state index contributed by atoms with van der Waals surface area (Å²) in [6.07, 6.45) is 1.82. The standard InChI is InChI=1S/C26H22O/c27-26(18-21-14-15-22-10-4-5-11-23(22)17-21)19-25-13-7-6-12-24(25)16-20-8-2-1-3-9-20/h1-15,17H,16,18-19H2. The van der Waals surface area contributed by atoms with Crippen molar-refractivity contribution < 1.29 is 4.79 Å². The first-order chi connectivity index (χ1) is 13.3. The number of carbonyl (C=O) groups is 1. The number of Topliss-reactive ketones (excluding diaryl/α,β-unsaturated/α-hetero) is 1. The number of fused-ring (bicyclic) bond motifs is 1. The highest BCUT2D eigenvalue weighted by molar-refractivity contribution is 5.87. The fraction of sp³-hybridized carbons (Fsp3) is 0.115. The maximum atomic E-state index is 12.7. The summed E-state index contributed by atoms with van der Waals surface area (Å²) in [7, 11) is 0. The lowest BCUT2D eigenvalue weighted by atomic mass is 9.94. The van der Waals surface area contributed by atoms with Crippen molar-refractivity contribution in [2.45, 2.75) is 19.3 Å². The zero-order chi connectivity index (χ0) is 18.5. The van der Waals surface area contributed by atoms with Crippen molar-refractivity contribution >= 4 is 16.6 Å².